The quantitative estimate of drug-likeness (QED) is 0.355. The molecule has 7 heteroatoms. The van der Waals surface area contributed by atoms with E-state index in [0.717, 1.165) is 24.0 Å². The fourth-order valence-corrected chi connectivity index (χ4v) is 3.65. The highest BCUT2D eigenvalue weighted by Gasteiger charge is 2.16. The Labute approximate surface area is 178 Å². The maximum absolute atomic E-state index is 6.28. The maximum atomic E-state index is 6.28. The first-order valence-corrected chi connectivity index (χ1v) is 9.36. The molecule has 1 unspecified atom stereocenters. The SMILES string of the molecule is CN=C(NCCC1CCN(C)CC1)NC(C)c1ccc(Cl)cc1Cl.I. The van der Waals surface area contributed by atoms with Crippen LogP contribution in [0.1, 0.15) is 37.8 Å². The van der Waals surface area contributed by atoms with Crippen LogP contribution in [-0.2, 0) is 0 Å². The van der Waals surface area contributed by atoms with Crippen LogP contribution in [0.3, 0.4) is 0 Å². The molecule has 1 aliphatic heterocycles. The van der Waals surface area contributed by atoms with E-state index in [4.69, 9.17) is 23.2 Å². The summed E-state index contributed by atoms with van der Waals surface area (Å²) in [6, 6.07) is 5.64. The van der Waals surface area contributed by atoms with Gasteiger partial charge in [0.05, 0.1) is 6.04 Å². The zero-order chi connectivity index (χ0) is 17.5. The molecule has 0 saturated carbocycles. The third-order valence-electron chi connectivity index (χ3n) is 4.69. The summed E-state index contributed by atoms with van der Waals surface area (Å²) >= 11 is 12.2. The molecular weight excluding hydrogens is 470 g/mol. The van der Waals surface area contributed by atoms with E-state index in [-0.39, 0.29) is 30.0 Å². The second-order valence-corrected chi connectivity index (χ2v) is 7.41. The van der Waals surface area contributed by atoms with Crippen molar-refractivity contribution in [3.05, 3.63) is 33.8 Å². The van der Waals surface area contributed by atoms with E-state index in [0.29, 0.717) is 10.0 Å². The van der Waals surface area contributed by atoms with E-state index >= 15 is 0 Å². The molecule has 0 spiro atoms. The number of piperidine rings is 1. The minimum atomic E-state index is 0. The number of guanidine groups is 1. The first-order valence-electron chi connectivity index (χ1n) is 8.60. The molecule has 1 aliphatic rings. The number of aliphatic imine (C=N–C) groups is 1. The van der Waals surface area contributed by atoms with Crippen LogP contribution < -0.4 is 10.6 Å². The molecule has 0 aliphatic carbocycles. The van der Waals surface area contributed by atoms with Gasteiger partial charge in [-0.2, -0.15) is 0 Å². The Morgan fingerprint density at radius 1 is 1.32 bits per heavy atom. The van der Waals surface area contributed by atoms with Crippen LogP contribution in [0.2, 0.25) is 10.0 Å². The Morgan fingerprint density at radius 3 is 2.60 bits per heavy atom. The third-order valence-corrected chi connectivity index (χ3v) is 5.25. The van der Waals surface area contributed by atoms with Crippen LogP contribution in [0.25, 0.3) is 0 Å². The van der Waals surface area contributed by atoms with Gasteiger partial charge < -0.3 is 15.5 Å². The van der Waals surface area contributed by atoms with Gasteiger partial charge in [-0.25, -0.2) is 0 Å². The lowest BCUT2D eigenvalue weighted by atomic mass is 9.94. The van der Waals surface area contributed by atoms with Gasteiger partial charge in [-0.3, -0.25) is 4.99 Å². The number of halogens is 3. The normalized spacial score (nSPS) is 17.7. The Kier molecular flexibility index (Phi) is 10.5. The number of nitrogens with zero attached hydrogens (tertiary/aromatic N) is 2. The van der Waals surface area contributed by atoms with Gasteiger partial charge in [-0.1, -0.05) is 29.3 Å². The van der Waals surface area contributed by atoms with Gasteiger partial charge in [-0.15, -0.1) is 24.0 Å². The molecule has 0 amide bonds. The number of benzene rings is 1. The number of hydrogen-bond donors (Lipinski definition) is 2. The smallest absolute Gasteiger partial charge is 0.191 e. The second kappa shape index (κ2) is 11.5. The summed E-state index contributed by atoms with van der Waals surface area (Å²) in [6.45, 7) is 5.43. The molecule has 0 bridgehead atoms. The summed E-state index contributed by atoms with van der Waals surface area (Å²) < 4.78 is 0. The number of rotatable bonds is 5. The Balaban J connectivity index is 0.00000312. The van der Waals surface area contributed by atoms with Crippen LogP contribution >= 0.6 is 47.2 Å². The van der Waals surface area contributed by atoms with E-state index in [2.05, 4.69) is 34.5 Å². The second-order valence-electron chi connectivity index (χ2n) is 6.57. The molecule has 0 radical (unpaired) electrons. The maximum Gasteiger partial charge on any atom is 0.191 e. The molecule has 1 saturated heterocycles. The summed E-state index contributed by atoms with van der Waals surface area (Å²) in [6.07, 6.45) is 3.77. The Hall–Kier alpha value is -0.240. The molecule has 4 nitrogen and oxygen atoms in total. The van der Waals surface area contributed by atoms with Gasteiger partial charge in [0.25, 0.3) is 0 Å². The van der Waals surface area contributed by atoms with Crippen molar-refractivity contribution in [1.82, 2.24) is 15.5 Å². The molecule has 2 rings (SSSR count). The molecule has 1 aromatic carbocycles. The highest BCUT2D eigenvalue weighted by Crippen LogP contribution is 2.26. The first kappa shape index (κ1) is 22.8. The van der Waals surface area contributed by atoms with Crippen molar-refractivity contribution in [2.45, 2.75) is 32.2 Å². The lowest BCUT2D eigenvalue weighted by Gasteiger charge is -2.29. The van der Waals surface area contributed by atoms with Gasteiger partial charge in [0.1, 0.15) is 0 Å². The molecule has 1 atom stereocenters. The monoisotopic (exact) mass is 498 g/mol. The van der Waals surface area contributed by atoms with Crippen LogP contribution in [0.5, 0.6) is 0 Å². The predicted molar refractivity (Wildman–Crippen MR) is 120 cm³/mol. The van der Waals surface area contributed by atoms with Gasteiger partial charge in [0, 0.05) is 23.6 Å². The van der Waals surface area contributed by atoms with Crippen molar-refractivity contribution >= 4 is 53.1 Å². The summed E-state index contributed by atoms with van der Waals surface area (Å²) in [5.74, 6) is 1.62. The zero-order valence-corrected chi connectivity index (χ0v) is 19.0. The predicted octanol–water partition coefficient (Wildman–Crippen LogP) is 4.57. The molecular formula is C18H29Cl2IN4. The summed E-state index contributed by atoms with van der Waals surface area (Å²) in [4.78, 5) is 6.72. The topological polar surface area (TPSA) is 39.7 Å². The van der Waals surface area contributed by atoms with E-state index in [1.165, 1.54) is 32.4 Å². The highest BCUT2D eigenvalue weighted by molar-refractivity contribution is 14.0. The van der Waals surface area contributed by atoms with Crippen molar-refractivity contribution in [1.29, 1.82) is 0 Å². The summed E-state index contributed by atoms with van der Waals surface area (Å²) in [5, 5.41) is 8.13. The average molecular weight is 499 g/mol. The van der Waals surface area contributed by atoms with Crippen molar-refractivity contribution in [3.63, 3.8) is 0 Å². The first-order chi connectivity index (χ1) is 11.5. The van der Waals surface area contributed by atoms with Crippen LogP contribution in [0.4, 0.5) is 0 Å². The molecule has 25 heavy (non-hydrogen) atoms. The van der Waals surface area contributed by atoms with Crippen molar-refractivity contribution < 1.29 is 0 Å². The lowest BCUT2D eigenvalue weighted by molar-refractivity contribution is 0.213. The minimum absolute atomic E-state index is 0. The van der Waals surface area contributed by atoms with Crippen LogP contribution in [0, 0.1) is 5.92 Å². The molecule has 1 aromatic rings. The van der Waals surface area contributed by atoms with Gasteiger partial charge >= 0.3 is 0 Å². The summed E-state index contributed by atoms with van der Waals surface area (Å²) in [5.41, 5.74) is 1.01. The van der Waals surface area contributed by atoms with Crippen molar-refractivity contribution in [2.24, 2.45) is 10.9 Å². The highest BCUT2D eigenvalue weighted by atomic mass is 127. The number of nitrogens with one attached hydrogen (secondary N) is 2. The number of likely N-dealkylation sites (tertiary alicyclic amines) is 1. The third kappa shape index (κ3) is 7.49. The fourth-order valence-electron chi connectivity index (χ4n) is 3.08. The van der Waals surface area contributed by atoms with Crippen LogP contribution in [-0.4, -0.2) is 44.6 Å². The molecule has 2 N–H and O–H groups in total. The molecule has 142 valence electrons. The van der Waals surface area contributed by atoms with Crippen molar-refractivity contribution in [2.75, 3.05) is 33.7 Å². The van der Waals surface area contributed by atoms with Gasteiger partial charge in [0.2, 0.25) is 0 Å². The molecule has 0 aromatic heterocycles. The standard InChI is InChI=1S/C18H28Cl2N4.HI/c1-13(16-5-4-15(19)12-17(16)20)23-18(21-2)22-9-6-14-7-10-24(3)11-8-14;/h4-5,12-14H,6-11H2,1-3H3,(H2,21,22,23);1H. The Morgan fingerprint density at radius 2 is 2.00 bits per heavy atom. The molecule has 1 fully saturated rings. The van der Waals surface area contributed by atoms with E-state index in [1.54, 1.807) is 13.1 Å². The minimum Gasteiger partial charge on any atom is -0.356 e. The van der Waals surface area contributed by atoms with E-state index in [9.17, 15) is 0 Å². The summed E-state index contributed by atoms with van der Waals surface area (Å²) in [7, 11) is 3.99. The Bertz CT molecular complexity index is 560. The van der Waals surface area contributed by atoms with Gasteiger partial charge in [-0.05, 0) is 69.9 Å². The van der Waals surface area contributed by atoms with E-state index < -0.39 is 0 Å². The fraction of sp³-hybridized carbons (Fsp3) is 0.611. The van der Waals surface area contributed by atoms with Gasteiger partial charge in [0.15, 0.2) is 5.96 Å². The van der Waals surface area contributed by atoms with E-state index in [1.807, 2.05) is 12.1 Å². The largest absolute Gasteiger partial charge is 0.356 e. The molecule has 1 heterocycles. The zero-order valence-electron chi connectivity index (χ0n) is 15.2. The van der Waals surface area contributed by atoms with Crippen LogP contribution in [0.15, 0.2) is 23.2 Å². The average Bonchev–Trinajstić information content (AvgIpc) is 2.55. The lowest BCUT2D eigenvalue weighted by Crippen LogP contribution is -2.40. The van der Waals surface area contributed by atoms with Crippen molar-refractivity contribution in [3.8, 4) is 0 Å². The number of hydrogen-bond acceptors (Lipinski definition) is 2.